The Labute approximate surface area is 161 Å². The Balaban J connectivity index is 1.47. The molecule has 148 valence electrons. The second-order valence-electron chi connectivity index (χ2n) is 6.25. The first-order chi connectivity index (χ1) is 13.5. The normalized spacial score (nSPS) is 15.2. The number of ether oxygens (including phenoxy) is 1. The number of hydrogen-bond donors (Lipinski definition) is 1. The third-order valence-corrected chi connectivity index (χ3v) is 5.94. The summed E-state index contributed by atoms with van der Waals surface area (Å²) in [6.45, 7) is 3.19. The summed E-state index contributed by atoms with van der Waals surface area (Å²) >= 11 is 0. The zero-order valence-electron chi connectivity index (χ0n) is 15.0. The molecule has 0 aliphatic carbocycles. The van der Waals surface area contributed by atoms with Gasteiger partial charge in [0, 0.05) is 19.6 Å². The second-order valence-corrected chi connectivity index (χ2v) is 8.02. The van der Waals surface area contributed by atoms with Crippen LogP contribution in [-0.4, -0.2) is 61.0 Å². The maximum absolute atomic E-state index is 13.0. The highest BCUT2D eigenvalue weighted by Gasteiger charge is 2.18. The van der Waals surface area contributed by atoms with Crippen LogP contribution >= 0.6 is 0 Å². The van der Waals surface area contributed by atoms with Gasteiger partial charge in [0.15, 0.2) is 5.65 Å². The van der Waals surface area contributed by atoms with Gasteiger partial charge in [-0.15, -0.1) is 0 Å². The number of fused-ring (bicyclic) bond motifs is 1. The van der Waals surface area contributed by atoms with Crippen LogP contribution in [0, 0.1) is 5.82 Å². The molecule has 11 heteroatoms. The molecule has 3 aromatic rings. The molecule has 1 aromatic carbocycles. The van der Waals surface area contributed by atoms with E-state index >= 15 is 0 Å². The van der Waals surface area contributed by atoms with Crippen molar-refractivity contribution in [2.75, 3.05) is 37.7 Å². The summed E-state index contributed by atoms with van der Waals surface area (Å²) in [6, 6.07) is 4.67. The van der Waals surface area contributed by atoms with E-state index in [0.29, 0.717) is 25.4 Å². The van der Waals surface area contributed by atoms with E-state index in [0.717, 1.165) is 36.4 Å². The Morgan fingerprint density at radius 1 is 1.14 bits per heavy atom. The van der Waals surface area contributed by atoms with Crippen LogP contribution in [0.3, 0.4) is 0 Å². The lowest BCUT2D eigenvalue weighted by Gasteiger charge is -2.27. The Morgan fingerprint density at radius 3 is 2.64 bits per heavy atom. The Hall–Kier alpha value is -2.63. The molecule has 1 aliphatic rings. The van der Waals surface area contributed by atoms with Crippen molar-refractivity contribution in [3.8, 4) is 0 Å². The molecule has 28 heavy (non-hydrogen) atoms. The van der Waals surface area contributed by atoms with Gasteiger partial charge in [-0.2, -0.15) is 5.10 Å². The van der Waals surface area contributed by atoms with Gasteiger partial charge in [0.05, 0.1) is 36.2 Å². The van der Waals surface area contributed by atoms with Crippen molar-refractivity contribution in [3.05, 3.63) is 42.6 Å². The SMILES string of the molecule is O=S(=O)(NCCn1ncc2c(N3CCOCC3)ncnc21)c1ccc(F)cc1. The number of morpholine rings is 1. The Bertz CT molecular complexity index is 1060. The van der Waals surface area contributed by atoms with E-state index in [4.69, 9.17) is 4.74 Å². The number of aromatic nitrogens is 4. The quantitative estimate of drug-likeness (QED) is 0.645. The van der Waals surface area contributed by atoms with Crippen LogP contribution in [0.25, 0.3) is 11.0 Å². The van der Waals surface area contributed by atoms with E-state index < -0.39 is 15.8 Å². The first kappa shape index (κ1) is 18.7. The van der Waals surface area contributed by atoms with Crippen molar-refractivity contribution >= 4 is 26.9 Å². The van der Waals surface area contributed by atoms with Crippen LogP contribution in [-0.2, 0) is 21.3 Å². The van der Waals surface area contributed by atoms with Crippen molar-refractivity contribution in [1.29, 1.82) is 0 Å². The van der Waals surface area contributed by atoms with Crippen molar-refractivity contribution in [1.82, 2.24) is 24.5 Å². The number of nitrogens with zero attached hydrogens (tertiary/aromatic N) is 5. The van der Waals surface area contributed by atoms with Gasteiger partial charge in [-0.05, 0) is 24.3 Å². The summed E-state index contributed by atoms with van der Waals surface area (Å²) in [6.07, 6.45) is 3.17. The van der Waals surface area contributed by atoms with Crippen molar-refractivity contribution in [2.45, 2.75) is 11.4 Å². The summed E-state index contributed by atoms with van der Waals surface area (Å²) in [4.78, 5) is 10.8. The van der Waals surface area contributed by atoms with Gasteiger partial charge >= 0.3 is 0 Å². The third-order valence-electron chi connectivity index (χ3n) is 4.46. The van der Waals surface area contributed by atoms with Crippen LogP contribution in [0.5, 0.6) is 0 Å². The van der Waals surface area contributed by atoms with Gasteiger partial charge in [-0.3, -0.25) is 0 Å². The Kier molecular flexibility index (Phi) is 5.20. The van der Waals surface area contributed by atoms with Gasteiger partial charge < -0.3 is 9.64 Å². The van der Waals surface area contributed by atoms with E-state index in [-0.39, 0.29) is 11.4 Å². The summed E-state index contributed by atoms with van der Waals surface area (Å²) in [5.74, 6) is 0.309. The summed E-state index contributed by atoms with van der Waals surface area (Å²) in [5, 5.41) is 5.14. The van der Waals surface area contributed by atoms with Gasteiger partial charge in [0.1, 0.15) is 18.0 Å². The molecular weight excluding hydrogens is 387 g/mol. The smallest absolute Gasteiger partial charge is 0.240 e. The van der Waals surface area contributed by atoms with Gasteiger partial charge in [-0.1, -0.05) is 0 Å². The van der Waals surface area contributed by atoms with Crippen molar-refractivity contribution < 1.29 is 17.5 Å². The minimum atomic E-state index is -3.72. The van der Waals surface area contributed by atoms with E-state index in [1.807, 2.05) is 0 Å². The summed E-state index contributed by atoms with van der Waals surface area (Å²) in [5.41, 5.74) is 0.637. The monoisotopic (exact) mass is 406 g/mol. The molecule has 1 N–H and O–H groups in total. The first-order valence-electron chi connectivity index (χ1n) is 8.79. The van der Waals surface area contributed by atoms with Crippen LogP contribution < -0.4 is 9.62 Å². The maximum Gasteiger partial charge on any atom is 0.240 e. The average Bonchev–Trinajstić information content (AvgIpc) is 3.12. The van der Waals surface area contributed by atoms with Crippen LogP contribution in [0.1, 0.15) is 0 Å². The lowest BCUT2D eigenvalue weighted by atomic mass is 10.3. The van der Waals surface area contributed by atoms with E-state index in [2.05, 4.69) is 24.7 Å². The molecular formula is C17H19FN6O3S. The topological polar surface area (TPSA) is 102 Å². The molecule has 0 radical (unpaired) electrons. The van der Waals surface area contributed by atoms with E-state index in [9.17, 15) is 12.8 Å². The molecule has 1 aliphatic heterocycles. The number of nitrogens with one attached hydrogen (secondary N) is 1. The molecule has 9 nitrogen and oxygen atoms in total. The molecule has 0 bridgehead atoms. The molecule has 0 spiro atoms. The molecule has 2 aromatic heterocycles. The van der Waals surface area contributed by atoms with Crippen molar-refractivity contribution in [2.24, 2.45) is 0 Å². The predicted molar refractivity (Wildman–Crippen MR) is 99.9 cm³/mol. The molecule has 3 heterocycles. The fourth-order valence-corrected chi connectivity index (χ4v) is 4.08. The zero-order chi connectivity index (χ0) is 19.6. The second kappa shape index (κ2) is 7.78. The first-order valence-corrected chi connectivity index (χ1v) is 10.3. The predicted octanol–water partition coefficient (Wildman–Crippen LogP) is 0.780. The standard InChI is InChI=1S/C17H19FN6O3S/c18-13-1-3-14(4-2-13)28(25,26)22-5-6-24-17-15(11-21-24)16(19-12-20-17)23-7-9-27-10-8-23/h1-4,11-12,22H,5-10H2. The minimum absolute atomic E-state index is 0.0103. The summed E-state index contributed by atoms with van der Waals surface area (Å²) in [7, 11) is -3.72. The fourth-order valence-electron chi connectivity index (χ4n) is 3.05. The van der Waals surface area contributed by atoms with Crippen LogP contribution in [0.4, 0.5) is 10.2 Å². The molecule has 0 unspecified atom stereocenters. The molecule has 1 fully saturated rings. The molecule has 0 amide bonds. The number of hydrogen-bond acceptors (Lipinski definition) is 7. The fraction of sp³-hybridized carbons (Fsp3) is 0.353. The number of sulfonamides is 1. The third kappa shape index (κ3) is 3.81. The maximum atomic E-state index is 13.0. The van der Waals surface area contributed by atoms with Crippen LogP contribution in [0.15, 0.2) is 41.7 Å². The number of anilines is 1. The minimum Gasteiger partial charge on any atom is -0.378 e. The van der Waals surface area contributed by atoms with Gasteiger partial charge in [0.2, 0.25) is 10.0 Å². The number of halogens is 1. The largest absolute Gasteiger partial charge is 0.378 e. The molecule has 1 saturated heterocycles. The summed E-state index contributed by atoms with van der Waals surface area (Å²) < 4.78 is 47.1. The number of benzene rings is 1. The van der Waals surface area contributed by atoms with E-state index in [1.165, 1.54) is 18.5 Å². The van der Waals surface area contributed by atoms with E-state index in [1.54, 1.807) is 10.9 Å². The van der Waals surface area contributed by atoms with Gasteiger partial charge in [-0.25, -0.2) is 32.2 Å². The van der Waals surface area contributed by atoms with Crippen LogP contribution in [0.2, 0.25) is 0 Å². The average molecular weight is 406 g/mol. The zero-order valence-corrected chi connectivity index (χ0v) is 15.8. The van der Waals surface area contributed by atoms with Gasteiger partial charge in [0.25, 0.3) is 0 Å². The number of rotatable bonds is 6. The lowest BCUT2D eigenvalue weighted by molar-refractivity contribution is 0.122. The molecule has 4 rings (SSSR count). The highest BCUT2D eigenvalue weighted by Crippen LogP contribution is 2.23. The molecule has 0 saturated carbocycles. The molecule has 0 atom stereocenters. The Morgan fingerprint density at radius 2 is 1.89 bits per heavy atom. The highest BCUT2D eigenvalue weighted by atomic mass is 32.2. The van der Waals surface area contributed by atoms with Crippen molar-refractivity contribution in [3.63, 3.8) is 0 Å². The lowest BCUT2D eigenvalue weighted by Crippen LogP contribution is -2.36. The highest BCUT2D eigenvalue weighted by molar-refractivity contribution is 7.89.